The van der Waals surface area contributed by atoms with E-state index in [0.29, 0.717) is 0 Å². The second-order valence-corrected chi connectivity index (χ2v) is 7.74. The maximum atomic E-state index is 14.2. The number of alkyl carbamates (subject to hydrolysis) is 1. The van der Waals surface area contributed by atoms with Crippen molar-refractivity contribution >= 4 is 12.1 Å². The van der Waals surface area contributed by atoms with Crippen molar-refractivity contribution in [2.24, 2.45) is 0 Å². The third-order valence-corrected chi connectivity index (χ3v) is 5.88. The Hall–Kier alpha value is -4.01. The fraction of sp³-hybridized carbons (Fsp3) is 0.200. The molecule has 0 heterocycles. The van der Waals surface area contributed by atoms with Crippen LogP contribution in [0.15, 0.2) is 72.8 Å². The van der Waals surface area contributed by atoms with Crippen LogP contribution in [0.5, 0.6) is 5.75 Å². The third-order valence-electron chi connectivity index (χ3n) is 5.88. The standard InChI is InChI=1S/C25H20F3NO5/c1-33-16-8-6-7-15(13-16)24(22(30)31,25(26,27)28)29-23(32)34-14-21-19-11-4-2-9-17(19)18-10-3-5-12-20(18)21/h2-13,21H,14H2,1H3,(H,29,32)(H,30,31). The summed E-state index contributed by atoms with van der Waals surface area (Å²) >= 11 is 0. The lowest BCUT2D eigenvalue weighted by molar-refractivity contribution is -0.211. The fourth-order valence-electron chi connectivity index (χ4n) is 4.25. The molecule has 1 aliphatic rings. The number of fused-ring (bicyclic) bond motifs is 3. The number of hydrogen-bond donors (Lipinski definition) is 2. The molecule has 0 aliphatic heterocycles. The molecule has 1 atom stereocenters. The smallest absolute Gasteiger partial charge is 0.426 e. The van der Waals surface area contributed by atoms with Gasteiger partial charge < -0.3 is 14.6 Å². The molecule has 9 heteroatoms. The number of carbonyl (C=O) groups is 2. The topological polar surface area (TPSA) is 84.9 Å². The summed E-state index contributed by atoms with van der Waals surface area (Å²) in [6.07, 6.45) is -6.89. The van der Waals surface area contributed by atoms with Crippen molar-refractivity contribution in [1.29, 1.82) is 0 Å². The van der Waals surface area contributed by atoms with Gasteiger partial charge in [-0.25, -0.2) is 9.59 Å². The molecular formula is C25H20F3NO5. The number of benzene rings is 3. The molecule has 0 spiro atoms. The molecular weight excluding hydrogens is 451 g/mol. The number of halogens is 3. The van der Waals surface area contributed by atoms with Gasteiger partial charge in [-0.2, -0.15) is 13.2 Å². The number of nitrogens with one attached hydrogen (secondary N) is 1. The van der Waals surface area contributed by atoms with E-state index in [1.807, 2.05) is 48.5 Å². The zero-order valence-corrected chi connectivity index (χ0v) is 17.9. The normalized spacial score (nSPS) is 14.5. The SMILES string of the molecule is COc1cccc(C(NC(=O)OCC2c3ccccc3-c3ccccc32)(C(=O)O)C(F)(F)F)c1. The predicted octanol–water partition coefficient (Wildman–Crippen LogP) is 5.08. The van der Waals surface area contributed by atoms with Gasteiger partial charge in [-0.05, 0) is 34.4 Å². The zero-order chi connectivity index (χ0) is 24.5. The van der Waals surface area contributed by atoms with Crippen molar-refractivity contribution in [1.82, 2.24) is 5.32 Å². The summed E-state index contributed by atoms with van der Waals surface area (Å²) in [5.74, 6) is -2.71. The van der Waals surface area contributed by atoms with Crippen LogP contribution in [0, 0.1) is 0 Å². The summed E-state index contributed by atoms with van der Waals surface area (Å²) in [7, 11) is 1.23. The van der Waals surface area contributed by atoms with E-state index in [0.717, 1.165) is 34.4 Å². The van der Waals surface area contributed by atoms with E-state index in [1.54, 1.807) is 5.32 Å². The van der Waals surface area contributed by atoms with Crippen molar-refractivity contribution in [2.45, 2.75) is 17.6 Å². The number of rotatable bonds is 6. The number of carboxylic acids is 1. The fourth-order valence-corrected chi connectivity index (χ4v) is 4.25. The Morgan fingerprint density at radius 3 is 2.06 bits per heavy atom. The van der Waals surface area contributed by atoms with Crippen LogP contribution in [0.2, 0.25) is 0 Å². The number of aliphatic carboxylic acids is 1. The minimum absolute atomic E-state index is 0.00159. The molecule has 1 amide bonds. The first-order chi connectivity index (χ1) is 16.2. The van der Waals surface area contributed by atoms with Gasteiger partial charge in [0.1, 0.15) is 12.4 Å². The summed E-state index contributed by atoms with van der Waals surface area (Å²) in [6, 6.07) is 19.3. The second kappa shape index (κ2) is 8.74. The maximum absolute atomic E-state index is 14.2. The largest absolute Gasteiger partial charge is 0.497 e. The van der Waals surface area contributed by atoms with E-state index >= 15 is 0 Å². The lowest BCUT2D eigenvalue weighted by Crippen LogP contribution is -2.61. The van der Waals surface area contributed by atoms with E-state index in [1.165, 1.54) is 19.2 Å². The molecule has 0 aromatic heterocycles. The third kappa shape index (κ3) is 3.83. The molecule has 1 unspecified atom stereocenters. The lowest BCUT2D eigenvalue weighted by atomic mass is 9.89. The Kier molecular flexibility index (Phi) is 5.95. The molecule has 3 aromatic rings. The molecule has 176 valence electrons. The van der Waals surface area contributed by atoms with Crippen molar-refractivity contribution in [3.05, 3.63) is 89.5 Å². The first kappa shape index (κ1) is 23.2. The summed E-state index contributed by atoms with van der Waals surface area (Å²) in [6.45, 7) is -0.272. The molecule has 3 aromatic carbocycles. The summed E-state index contributed by atoms with van der Waals surface area (Å²) in [5.41, 5.74) is -0.837. The van der Waals surface area contributed by atoms with Gasteiger partial charge in [-0.15, -0.1) is 0 Å². The van der Waals surface area contributed by atoms with Crippen LogP contribution in [0.25, 0.3) is 11.1 Å². The Morgan fingerprint density at radius 2 is 1.53 bits per heavy atom. The summed E-state index contributed by atoms with van der Waals surface area (Å²) in [4.78, 5) is 24.6. The minimum Gasteiger partial charge on any atom is -0.497 e. The Morgan fingerprint density at radius 1 is 0.941 bits per heavy atom. The average molecular weight is 471 g/mol. The number of ether oxygens (including phenoxy) is 2. The first-order valence-electron chi connectivity index (χ1n) is 10.3. The first-order valence-corrected chi connectivity index (χ1v) is 10.3. The lowest BCUT2D eigenvalue weighted by Gasteiger charge is -2.32. The van der Waals surface area contributed by atoms with Crippen LogP contribution in [-0.4, -0.2) is 37.1 Å². The van der Waals surface area contributed by atoms with Crippen molar-refractivity contribution in [3.63, 3.8) is 0 Å². The Balaban J connectivity index is 1.62. The van der Waals surface area contributed by atoms with Gasteiger partial charge in [-0.1, -0.05) is 60.7 Å². The molecule has 1 aliphatic carbocycles. The summed E-state index contributed by atoms with van der Waals surface area (Å²) < 4.78 is 52.6. The molecule has 2 N–H and O–H groups in total. The Labute approximate surface area is 192 Å². The highest BCUT2D eigenvalue weighted by Gasteiger charge is 2.64. The van der Waals surface area contributed by atoms with Crippen LogP contribution < -0.4 is 10.1 Å². The maximum Gasteiger partial charge on any atom is 0.426 e. The molecule has 0 bridgehead atoms. The predicted molar refractivity (Wildman–Crippen MR) is 117 cm³/mol. The second-order valence-electron chi connectivity index (χ2n) is 7.74. The molecule has 6 nitrogen and oxygen atoms in total. The number of carboxylic acid groups (broad SMARTS) is 1. The van der Waals surface area contributed by atoms with E-state index in [9.17, 15) is 27.9 Å². The number of amides is 1. The van der Waals surface area contributed by atoms with Crippen molar-refractivity contribution in [2.75, 3.05) is 13.7 Å². The van der Waals surface area contributed by atoms with Crippen LogP contribution in [0.3, 0.4) is 0 Å². The molecule has 0 saturated heterocycles. The number of alkyl halides is 3. The molecule has 0 radical (unpaired) electrons. The van der Waals surface area contributed by atoms with Crippen molar-refractivity contribution in [3.8, 4) is 16.9 Å². The van der Waals surface area contributed by atoms with Crippen LogP contribution in [0.1, 0.15) is 22.6 Å². The average Bonchev–Trinajstić information content (AvgIpc) is 3.14. The van der Waals surface area contributed by atoms with Gasteiger partial charge >= 0.3 is 18.2 Å². The van der Waals surface area contributed by atoms with E-state index in [2.05, 4.69) is 0 Å². The van der Waals surface area contributed by atoms with E-state index in [4.69, 9.17) is 9.47 Å². The minimum atomic E-state index is -5.38. The van der Waals surface area contributed by atoms with Gasteiger partial charge in [0.05, 0.1) is 7.11 Å². The van der Waals surface area contributed by atoms with Gasteiger partial charge in [0, 0.05) is 11.5 Å². The highest BCUT2D eigenvalue weighted by molar-refractivity contribution is 5.87. The van der Waals surface area contributed by atoms with Gasteiger partial charge in [-0.3, -0.25) is 5.32 Å². The van der Waals surface area contributed by atoms with Crippen LogP contribution in [-0.2, 0) is 15.1 Å². The highest BCUT2D eigenvalue weighted by atomic mass is 19.4. The highest BCUT2D eigenvalue weighted by Crippen LogP contribution is 2.45. The number of methoxy groups -OCH3 is 1. The van der Waals surface area contributed by atoms with Gasteiger partial charge in [0.15, 0.2) is 0 Å². The summed E-state index contributed by atoms with van der Waals surface area (Å²) in [5, 5.41) is 11.2. The van der Waals surface area contributed by atoms with E-state index < -0.39 is 35.3 Å². The molecule has 0 saturated carbocycles. The molecule has 34 heavy (non-hydrogen) atoms. The van der Waals surface area contributed by atoms with Crippen molar-refractivity contribution < 1.29 is 37.3 Å². The van der Waals surface area contributed by atoms with Crippen LogP contribution in [0.4, 0.5) is 18.0 Å². The van der Waals surface area contributed by atoms with Gasteiger partial charge in [0.25, 0.3) is 5.54 Å². The molecule has 0 fully saturated rings. The number of hydrogen-bond acceptors (Lipinski definition) is 4. The quantitative estimate of drug-likeness (QED) is 0.524. The number of carbonyl (C=O) groups excluding carboxylic acids is 1. The van der Waals surface area contributed by atoms with Gasteiger partial charge in [0.2, 0.25) is 0 Å². The monoisotopic (exact) mass is 471 g/mol. The molecule has 4 rings (SSSR count). The Bertz CT molecular complexity index is 1200. The van der Waals surface area contributed by atoms with Crippen LogP contribution >= 0.6 is 0 Å². The zero-order valence-electron chi connectivity index (χ0n) is 17.9. The van der Waals surface area contributed by atoms with E-state index in [-0.39, 0.29) is 12.4 Å².